The van der Waals surface area contributed by atoms with Gasteiger partial charge in [-0.15, -0.1) is 0 Å². The Bertz CT molecular complexity index is 1310. The summed E-state index contributed by atoms with van der Waals surface area (Å²) in [5.41, 5.74) is 4.22. The van der Waals surface area contributed by atoms with E-state index in [1.165, 1.54) is 17.3 Å². The molecule has 1 fully saturated rings. The van der Waals surface area contributed by atoms with Gasteiger partial charge in [-0.3, -0.25) is 9.69 Å². The molecule has 2 heterocycles. The van der Waals surface area contributed by atoms with Crippen molar-refractivity contribution in [2.75, 3.05) is 18.0 Å². The van der Waals surface area contributed by atoms with E-state index in [9.17, 15) is 4.79 Å². The second kappa shape index (κ2) is 9.90. The van der Waals surface area contributed by atoms with Crippen LogP contribution in [0.1, 0.15) is 18.1 Å². The van der Waals surface area contributed by atoms with Crippen molar-refractivity contribution in [3.8, 4) is 0 Å². The fourth-order valence-corrected chi connectivity index (χ4v) is 6.59. The van der Waals surface area contributed by atoms with E-state index in [2.05, 4.69) is 24.0 Å². The predicted octanol–water partition coefficient (Wildman–Crippen LogP) is 7.26. The number of carbonyl (C=O) groups excluding carboxylic acids is 1. The summed E-state index contributed by atoms with van der Waals surface area (Å²) in [5.74, 6) is 0.00752. The highest BCUT2D eigenvalue weighted by Crippen LogP contribution is 2.51. The first-order valence-electron chi connectivity index (χ1n) is 11.2. The van der Waals surface area contributed by atoms with E-state index in [1.54, 1.807) is 11.8 Å². The molecule has 34 heavy (non-hydrogen) atoms. The van der Waals surface area contributed by atoms with Crippen LogP contribution in [0.3, 0.4) is 0 Å². The maximum absolute atomic E-state index is 13.8. The number of amides is 1. The molecule has 0 saturated carbocycles. The summed E-state index contributed by atoms with van der Waals surface area (Å²) in [7, 11) is 0. The first-order chi connectivity index (χ1) is 16.5. The number of nitrogens with zero attached hydrogens (tertiary/aromatic N) is 3. The number of halogens is 1. The number of amidine groups is 1. The minimum atomic E-state index is 0.00752. The maximum atomic E-state index is 13.8. The molecule has 0 atom stereocenters. The number of rotatable bonds is 5. The van der Waals surface area contributed by atoms with Crippen LogP contribution in [0, 0.1) is 6.92 Å². The Morgan fingerprint density at radius 3 is 2.47 bits per heavy atom. The van der Waals surface area contributed by atoms with Crippen molar-refractivity contribution in [1.29, 1.82) is 0 Å². The number of aliphatic imine (C=N–C) groups is 1. The van der Waals surface area contributed by atoms with Gasteiger partial charge in [0, 0.05) is 23.0 Å². The first-order valence-corrected chi connectivity index (χ1v) is 13.2. The van der Waals surface area contributed by atoms with Crippen molar-refractivity contribution < 1.29 is 4.79 Å². The zero-order valence-corrected chi connectivity index (χ0v) is 21.4. The molecule has 0 aromatic heterocycles. The summed E-state index contributed by atoms with van der Waals surface area (Å²) >= 11 is 9.38. The van der Waals surface area contributed by atoms with Crippen LogP contribution in [0.4, 0.5) is 11.4 Å². The minimum Gasteiger partial charge on any atom is -0.334 e. The lowest BCUT2D eigenvalue weighted by molar-refractivity contribution is -0.122. The Hall–Kier alpha value is -2.67. The molecule has 3 aromatic carbocycles. The number of para-hydroxylation sites is 1. The molecule has 3 aromatic rings. The Morgan fingerprint density at radius 2 is 1.71 bits per heavy atom. The molecule has 0 aliphatic carbocycles. The van der Waals surface area contributed by atoms with E-state index in [4.69, 9.17) is 16.6 Å². The normalized spacial score (nSPS) is 18.8. The number of hydrogen-bond acceptors (Lipinski definition) is 5. The van der Waals surface area contributed by atoms with Gasteiger partial charge in [0.2, 0.25) is 0 Å². The fourth-order valence-electron chi connectivity index (χ4n) is 4.03. The van der Waals surface area contributed by atoms with Crippen LogP contribution in [0.25, 0.3) is 0 Å². The number of benzene rings is 3. The number of fused-ring (bicyclic) bond motifs is 1. The molecule has 0 N–H and O–H groups in total. The number of anilines is 1. The second-order valence-corrected chi connectivity index (χ2v) is 10.5. The summed E-state index contributed by atoms with van der Waals surface area (Å²) in [5, 5.41) is 2.37. The number of carbonyl (C=O) groups is 1. The molecule has 0 bridgehead atoms. The van der Waals surface area contributed by atoms with E-state index < -0.39 is 0 Å². The van der Waals surface area contributed by atoms with E-state index in [0.717, 1.165) is 49.9 Å². The predicted molar refractivity (Wildman–Crippen MR) is 145 cm³/mol. The maximum Gasteiger partial charge on any atom is 0.269 e. The van der Waals surface area contributed by atoms with Crippen molar-refractivity contribution in [3.05, 3.63) is 98.9 Å². The zero-order valence-electron chi connectivity index (χ0n) is 19.0. The molecule has 4 nitrogen and oxygen atoms in total. The summed E-state index contributed by atoms with van der Waals surface area (Å²) in [6.07, 6.45) is 0.767. The van der Waals surface area contributed by atoms with Gasteiger partial charge >= 0.3 is 0 Å². The van der Waals surface area contributed by atoms with Gasteiger partial charge in [-0.25, -0.2) is 4.99 Å². The van der Waals surface area contributed by atoms with Gasteiger partial charge in [0.05, 0.1) is 11.4 Å². The van der Waals surface area contributed by atoms with Crippen molar-refractivity contribution in [2.24, 2.45) is 4.99 Å². The van der Waals surface area contributed by atoms with Crippen LogP contribution >= 0.6 is 35.1 Å². The molecule has 172 valence electrons. The Balaban J connectivity index is 1.53. The van der Waals surface area contributed by atoms with Crippen LogP contribution in [0.5, 0.6) is 0 Å². The standard InChI is InChI=1S/C27H24ClN3OS2/c1-3-30-22-17-20(28)13-14-23(22)33-26(30)24-25(32)31(16-15-19-10-5-4-6-11-19)27(34-24)29-21-12-8-7-9-18(21)2/h4-14,17H,3,15-16H2,1-2H3/b26-24-,29-27?. The van der Waals surface area contributed by atoms with Gasteiger partial charge in [-0.2, -0.15) is 0 Å². The third kappa shape index (κ3) is 4.50. The molecule has 0 radical (unpaired) electrons. The Kier molecular flexibility index (Phi) is 6.73. The van der Waals surface area contributed by atoms with Gasteiger partial charge < -0.3 is 4.90 Å². The summed E-state index contributed by atoms with van der Waals surface area (Å²) in [4.78, 5) is 24.6. The second-order valence-electron chi connectivity index (χ2n) is 8.07. The Labute approximate surface area is 213 Å². The third-order valence-electron chi connectivity index (χ3n) is 5.84. The van der Waals surface area contributed by atoms with Crippen molar-refractivity contribution in [1.82, 2.24) is 4.90 Å². The lowest BCUT2D eigenvalue weighted by Crippen LogP contribution is -2.32. The van der Waals surface area contributed by atoms with Crippen LogP contribution in [0.2, 0.25) is 5.02 Å². The molecule has 0 unspecified atom stereocenters. The zero-order chi connectivity index (χ0) is 23.7. The fraction of sp³-hybridized carbons (Fsp3) is 0.185. The molecular formula is C27H24ClN3OS2. The van der Waals surface area contributed by atoms with Gasteiger partial charge in [-0.1, -0.05) is 71.9 Å². The average molecular weight is 506 g/mol. The van der Waals surface area contributed by atoms with Crippen molar-refractivity contribution in [2.45, 2.75) is 25.2 Å². The van der Waals surface area contributed by atoms with Crippen LogP contribution < -0.4 is 4.90 Å². The molecule has 2 aliphatic heterocycles. The quantitative estimate of drug-likeness (QED) is 0.342. The highest BCUT2D eigenvalue weighted by Gasteiger charge is 2.39. The van der Waals surface area contributed by atoms with Crippen molar-refractivity contribution >= 4 is 57.6 Å². The number of hydrogen-bond donors (Lipinski definition) is 0. The van der Waals surface area contributed by atoms with Gasteiger partial charge in [0.15, 0.2) is 5.17 Å². The van der Waals surface area contributed by atoms with E-state index >= 15 is 0 Å². The number of thioether (sulfide) groups is 2. The first kappa shape index (κ1) is 23.1. The lowest BCUT2D eigenvalue weighted by atomic mass is 10.1. The van der Waals surface area contributed by atoms with Crippen molar-refractivity contribution in [3.63, 3.8) is 0 Å². The average Bonchev–Trinajstić information content (AvgIpc) is 3.36. The lowest BCUT2D eigenvalue weighted by Gasteiger charge is -2.19. The third-order valence-corrected chi connectivity index (χ3v) is 8.45. The SMILES string of the molecule is CCN1/C(=C2/SC(=Nc3ccccc3C)N(CCc3ccccc3)C2=O)Sc2ccc(Cl)cc21. The highest BCUT2D eigenvalue weighted by atomic mass is 35.5. The molecule has 7 heteroatoms. The Morgan fingerprint density at radius 1 is 0.941 bits per heavy atom. The highest BCUT2D eigenvalue weighted by molar-refractivity contribution is 8.19. The summed E-state index contributed by atoms with van der Waals surface area (Å²) < 4.78 is 0. The summed E-state index contributed by atoms with van der Waals surface area (Å²) in [6, 6.07) is 24.2. The van der Waals surface area contributed by atoms with Gasteiger partial charge in [-0.05, 0) is 67.4 Å². The minimum absolute atomic E-state index is 0.00752. The van der Waals surface area contributed by atoms with Gasteiger partial charge in [0.1, 0.15) is 9.93 Å². The topological polar surface area (TPSA) is 35.9 Å². The van der Waals surface area contributed by atoms with Gasteiger partial charge in [0.25, 0.3) is 5.91 Å². The molecule has 1 saturated heterocycles. The summed E-state index contributed by atoms with van der Waals surface area (Å²) in [6.45, 7) is 5.46. The molecule has 1 amide bonds. The largest absolute Gasteiger partial charge is 0.334 e. The van der Waals surface area contributed by atoms with E-state index in [-0.39, 0.29) is 5.91 Å². The molecule has 5 rings (SSSR count). The van der Waals surface area contributed by atoms with E-state index in [0.29, 0.717) is 11.6 Å². The smallest absolute Gasteiger partial charge is 0.269 e. The molecule has 2 aliphatic rings. The van der Waals surface area contributed by atoms with E-state index in [1.807, 2.05) is 72.5 Å². The van der Waals surface area contributed by atoms with Crippen LogP contribution in [0.15, 0.2) is 92.6 Å². The van der Waals surface area contributed by atoms with Crippen LogP contribution in [-0.2, 0) is 11.2 Å². The molecular weight excluding hydrogens is 482 g/mol. The number of aryl methyl sites for hydroxylation is 1. The monoisotopic (exact) mass is 505 g/mol. The van der Waals surface area contributed by atoms with Crippen LogP contribution in [-0.4, -0.2) is 29.1 Å². The molecule has 0 spiro atoms.